The standard InChI is InChI=1S/C23H27N5O4/c1-32-22(30)21(29)25-20-17(15-24)19-18(26-12-7-8-13-26)11-5-6-14-27(19)23(31)28(20)16-9-3-2-4-10-16/h2-4,9-10,18-19H,5-8,11-14H2,1H3,(H,25,29). The number of para-hydroxylation sites is 1. The van der Waals surface area contributed by atoms with E-state index in [2.05, 4.69) is 21.0 Å². The summed E-state index contributed by atoms with van der Waals surface area (Å²) in [5, 5.41) is 12.8. The van der Waals surface area contributed by atoms with Gasteiger partial charge in [-0.05, 0) is 50.9 Å². The molecule has 2 saturated heterocycles. The van der Waals surface area contributed by atoms with Gasteiger partial charge in [0.05, 0.1) is 24.4 Å². The summed E-state index contributed by atoms with van der Waals surface area (Å²) in [6.07, 6.45) is 4.84. The maximum absolute atomic E-state index is 13.8. The molecule has 0 spiro atoms. The van der Waals surface area contributed by atoms with E-state index >= 15 is 0 Å². The Kier molecular flexibility index (Phi) is 6.42. The van der Waals surface area contributed by atoms with E-state index in [4.69, 9.17) is 0 Å². The highest BCUT2D eigenvalue weighted by Gasteiger charge is 2.47. The van der Waals surface area contributed by atoms with Crippen molar-refractivity contribution in [2.75, 3.05) is 31.6 Å². The van der Waals surface area contributed by atoms with Crippen LogP contribution < -0.4 is 10.2 Å². The van der Waals surface area contributed by atoms with Crippen LogP contribution in [0.25, 0.3) is 0 Å². The van der Waals surface area contributed by atoms with Crippen molar-refractivity contribution in [3.8, 4) is 6.07 Å². The minimum Gasteiger partial charge on any atom is -0.462 e. The fraction of sp³-hybridized carbons (Fsp3) is 0.478. The normalized spacial score (nSPS) is 23.9. The van der Waals surface area contributed by atoms with Gasteiger partial charge < -0.3 is 15.0 Å². The molecular weight excluding hydrogens is 410 g/mol. The second kappa shape index (κ2) is 9.40. The van der Waals surface area contributed by atoms with E-state index in [1.807, 2.05) is 6.07 Å². The largest absolute Gasteiger partial charge is 0.462 e. The summed E-state index contributed by atoms with van der Waals surface area (Å²) in [7, 11) is 1.11. The SMILES string of the molecule is COC(=O)C(=O)NC1=C(C#N)C2C(N3CCCC3)CCCCN2C(=O)N1c1ccccc1. The van der Waals surface area contributed by atoms with Crippen LogP contribution in [0.4, 0.5) is 10.5 Å². The minimum absolute atomic E-state index is 0.0125. The van der Waals surface area contributed by atoms with Crippen LogP contribution in [0.1, 0.15) is 32.1 Å². The third kappa shape index (κ3) is 3.94. The van der Waals surface area contributed by atoms with Gasteiger partial charge in [0.2, 0.25) is 0 Å². The number of esters is 1. The molecule has 1 N–H and O–H groups in total. The number of carbonyl (C=O) groups excluding carboxylic acids is 3. The van der Waals surface area contributed by atoms with Gasteiger partial charge >= 0.3 is 17.9 Å². The molecule has 3 aliphatic heterocycles. The van der Waals surface area contributed by atoms with E-state index in [9.17, 15) is 19.6 Å². The number of hydrogen-bond acceptors (Lipinski definition) is 6. The highest BCUT2D eigenvalue weighted by Crippen LogP contribution is 2.36. The van der Waals surface area contributed by atoms with Gasteiger partial charge in [0, 0.05) is 12.6 Å². The zero-order valence-corrected chi connectivity index (χ0v) is 18.1. The third-order valence-corrected chi connectivity index (χ3v) is 6.41. The van der Waals surface area contributed by atoms with Crippen molar-refractivity contribution in [2.45, 2.75) is 44.2 Å². The second-order valence-corrected chi connectivity index (χ2v) is 8.22. The first-order valence-electron chi connectivity index (χ1n) is 11.0. The van der Waals surface area contributed by atoms with Crippen LogP contribution in [-0.4, -0.2) is 66.5 Å². The predicted molar refractivity (Wildman–Crippen MR) is 116 cm³/mol. The number of likely N-dealkylation sites (tertiary alicyclic amines) is 1. The fourth-order valence-corrected chi connectivity index (χ4v) is 4.95. The van der Waals surface area contributed by atoms with Crippen LogP contribution in [0.2, 0.25) is 0 Å². The lowest BCUT2D eigenvalue weighted by atomic mass is 9.92. The zero-order valence-electron chi connectivity index (χ0n) is 18.1. The number of amides is 3. The Hall–Kier alpha value is -3.38. The summed E-state index contributed by atoms with van der Waals surface area (Å²) in [4.78, 5) is 43.5. The van der Waals surface area contributed by atoms with Crippen molar-refractivity contribution in [3.05, 3.63) is 41.7 Å². The van der Waals surface area contributed by atoms with Crippen LogP contribution in [-0.2, 0) is 14.3 Å². The summed E-state index contributed by atoms with van der Waals surface area (Å²) in [5.41, 5.74) is 0.787. The molecule has 0 aromatic heterocycles. The van der Waals surface area contributed by atoms with E-state index in [0.717, 1.165) is 52.3 Å². The molecule has 4 rings (SSSR count). The monoisotopic (exact) mass is 437 g/mol. The molecule has 2 atom stereocenters. The lowest BCUT2D eigenvalue weighted by molar-refractivity contribution is -0.152. The van der Waals surface area contributed by atoms with E-state index in [-0.39, 0.29) is 23.5 Å². The average molecular weight is 438 g/mol. The van der Waals surface area contributed by atoms with Gasteiger partial charge in [-0.2, -0.15) is 5.26 Å². The third-order valence-electron chi connectivity index (χ3n) is 6.41. The number of rotatable bonds is 3. The first kappa shape index (κ1) is 21.8. The van der Waals surface area contributed by atoms with Gasteiger partial charge in [-0.3, -0.25) is 9.69 Å². The van der Waals surface area contributed by atoms with E-state index in [0.29, 0.717) is 12.2 Å². The van der Waals surface area contributed by atoms with Gasteiger partial charge in [0.15, 0.2) is 0 Å². The summed E-state index contributed by atoms with van der Waals surface area (Å²) >= 11 is 0. The number of methoxy groups -OCH3 is 1. The maximum atomic E-state index is 13.8. The maximum Gasteiger partial charge on any atom is 0.396 e. The molecule has 9 heteroatoms. The van der Waals surface area contributed by atoms with E-state index in [1.165, 1.54) is 4.90 Å². The van der Waals surface area contributed by atoms with Gasteiger partial charge in [0.1, 0.15) is 11.9 Å². The first-order chi connectivity index (χ1) is 15.6. The van der Waals surface area contributed by atoms with Crippen molar-refractivity contribution in [1.82, 2.24) is 15.1 Å². The van der Waals surface area contributed by atoms with Crippen LogP contribution in [0.3, 0.4) is 0 Å². The highest BCUT2D eigenvalue weighted by molar-refractivity contribution is 6.33. The number of nitrogens with one attached hydrogen (secondary N) is 1. The smallest absolute Gasteiger partial charge is 0.396 e. The number of fused-ring (bicyclic) bond motifs is 1. The Morgan fingerprint density at radius 2 is 1.78 bits per heavy atom. The number of ether oxygens (including phenoxy) is 1. The molecule has 32 heavy (non-hydrogen) atoms. The Bertz CT molecular complexity index is 964. The zero-order chi connectivity index (χ0) is 22.7. The van der Waals surface area contributed by atoms with Gasteiger partial charge in [-0.1, -0.05) is 24.6 Å². The number of urea groups is 1. The number of carbonyl (C=O) groups is 3. The topological polar surface area (TPSA) is 106 Å². The Labute approximate surface area is 187 Å². The molecule has 2 unspecified atom stereocenters. The fourth-order valence-electron chi connectivity index (χ4n) is 4.95. The Morgan fingerprint density at radius 1 is 1.09 bits per heavy atom. The predicted octanol–water partition coefficient (Wildman–Crippen LogP) is 1.97. The average Bonchev–Trinajstić information content (AvgIpc) is 3.26. The second-order valence-electron chi connectivity index (χ2n) is 8.22. The molecule has 3 amide bonds. The molecule has 9 nitrogen and oxygen atoms in total. The summed E-state index contributed by atoms with van der Waals surface area (Å²) in [6, 6.07) is 10.3. The van der Waals surface area contributed by atoms with Crippen molar-refractivity contribution >= 4 is 23.6 Å². The molecule has 3 heterocycles. The van der Waals surface area contributed by atoms with Crippen LogP contribution in [0.15, 0.2) is 41.7 Å². The number of nitrogens with zero attached hydrogens (tertiary/aromatic N) is 4. The molecule has 1 aromatic carbocycles. The van der Waals surface area contributed by atoms with Crippen molar-refractivity contribution in [2.24, 2.45) is 0 Å². The number of anilines is 1. The van der Waals surface area contributed by atoms with Gasteiger partial charge in [-0.15, -0.1) is 0 Å². The molecule has 1 aromatic rings. The van der Waals surface area contributed by atoms with Crippen molar-refractivity contribution in [1.29, 1.82) is 5.26 Å². The highest BCUT2D eigenvalue weighted by atomic mass is 16.5. The van der Waals surface area contributed by atoms with Gasteiger partial charge in [-0.25, -0.2) is 14.5 Å². The van der Waals surface area contributed by atoms with E-state index in [1.54, 1.807) is 29.2 Å². The molecule has 0 radical (unpaired) electrons. The minimum atomic E-state index is -1.09. The van der Waals surface area contributed by atoms with Crippen LogP contribution in [0.5, 0.6) is 0 Å². The number of nitriles is 1. The lowest BCUT2D eigenvalue weighted by Crippen LogP contribution is -2.62. The number of benzene rings is 1. The molecule has 0 bridgehead atoms. The summed E-state index contributed by atoms with van der Waals surface area (Å²) in [6.45, 7) is 2.38. The molecule has 168 valence electrons. The summed E-state index contributed by atoms with van der Waals surface area (Å²) in [5.74, 6) is -2.08. The molecular formula is C23H27N5O4. The van der Waals surface area contributed by atoms with Crippen molar-refractivity contribution in [3.63, 3.8) is 0 Å². The van der Waals surface area contributed by atoms with Crippen molar-refractivity contribution < 1.29 is 19.1 Å². The van der Waals surface area contributed by atoms with Crippen LogP contribution in [0, 0.1) is 11.3 Å². The lowest BCUT2D eigenvalue weighted by Gasteiger charge is -2.45. The van der Waals surface area contributed by atoms with E-state index < -0.39 is 17.9 Å². The molecule has 0 aliphatic carbocycles. The number of hydrogen-bond donors (Lipinski definition) is 1. The first-order valence-corrected chi connectivity index (χ1v) is 11.0. The molecule has 0 saturated carbocycles. The quantitative estimate of drug-likeness (QED) is 0.573. The molecule has 2 fully saturated rings. The Balaban J connectivity index is 1.86. The van der Waals surface area contributed by atoms with Gasteiger partial charge in [0.25, 0.3) is 0 Å². The molecule has 3 aliphatic rings. The Morgan fingerprint density at radius 3 is 2.44 bits per heavy atom. The summed E-state index contributed by atoms with van der Waals surface area (Å²) < 4.78 is 4.54. The van der Waals surface area contributed by atoms with Crippen LogP contribution >= 0.6 is 0 Å².